The molecule has 11 heavy (non-hydrogen) atoms. The molecule has 0 aliphatic carbocycles. The molecule has 1 aromatic heterocycles. The van der Waals surface area contributed by atoms with Crippen molar-refractivity contribution in [1.82, 2.24) is 0 Å². The highest BCUT2D eigenvalue weighted by Crippen LogP contribution is 1.84. The summed E-state index contributed by atoms with van der Waals surface area (Å²) in [4.78, 5) is 10.6. The lowest BCUT2D eigenvalue weighted by Crippen LogP contribution is -2.49. The van der Waals surface area contributed by atoms with Crippen molar-refractivity contribution in [3.8, 4) is 0 Å². The second kappa shape index (κ2) is 3.14. The normalized spacial score (nSPS) is 9.27. The van der Waals surface area contributed by atoms with Crippen molar-refractivity contribution in [2.75, 3.05) is 5.43 Å². The quantitative estimate of drug-likeness (QED) is 0.578. The van der Waals surface area contributed by atoms with Gasteiger partial charge in [0.15, 0.2) is 6.20 Å². The summed E-state index contributed by atoms with van der Waals surface area (Å²) in [6, 6.07) is 5.71. The minimum Gasteiger partial charge on any atom is -0.270 e. The molecule has 0 aliphatic rings. The molecule has 0 atom stereocenters. The Morgan fingerprint density at radius 1 is 1.55 bits per heavy atom. The van der Waals surface area contributed by atoms with E-state index in [9.17, 15) is 4.79 Å². The summed E-state index contributed by atoms with van der Waals surface area (Å²) in [5, 5.41) is 0. The lowest BCUT2D eigenvalue weighted by molar-refractivity contribution is -0.648. The summed E-state index contributed by atoms with van der Waals surface area (Å²) in [5.74, 6) is -0.0655. The molecule has 1 N–H and O–H groups in total. The average Bonchev–Trinajstić information content (AvgIpc) is 1.93. The van der Waals surface area contributed by atoms with Crippen molar-refractivity contribution in [3.63, 3.8) is 0 Å². The van der Waals surface area contributed by atoms with E-state index >= 15 is 0 Å². The first kappa shape index (κ1) is 7.72. The van der Waals surface area contributed by atoms with Crippen LogP contribution in [-0.2, 0) is 4.79 Å². The van der Waals surface area contributed by atoms with Crippen molar-refractivity contribution >= 4 is 5.91 Å². The van der Waals surface area contributed by atoms with Gasteiger partial charge in [-0.3, -0.25) is 4.79 Å². The number of aromatic nitrogens is 1. The molecule has 1 amide bonds. The van der Waals surface area contributed by atoms with E-state index in [2.05, 4.69) is 5.43 Å². The number of hydrogen-bond acceptors (Lipinski definition) is 1. The number of nitrogens with zero attached hydrogens (tertiary/aromatic N) is 1. The summed E-state index contributed by atoms with van der Waals surface area (Å²) in [6.07, 6.45) is 1.80. The number of amides is 1. The zero-order valence-corrected chi connectivity index (χ0v) is 6.66. The number of rotatable bonds is 1. The number of nitrogens with one attached hydrogen (secondary N) is 1. The van der Waals surface area contributed by atoms with Gasteiger partial charge < -0.3 is 0 Å². The monoisotopic (exact) mass is 151 g/mol. The molecular formula is C8H11N2O+. The zero-order chi connectivity index (χ0) is 8.27. The highest BCUT2D eigenvalue weighted by Gasteiger charge is 2.04. The second-order valence-corrected chi connectivity index (χ2v) is 2.38. The van der Waals surface area contributed by atoms with Crippen molar-refractivity contribution in [1.29, 1.82) is 0 Å². The highest BCUT2D eigenvalue weighted by molar-refractivity contribution is 5.79. The number of hydrogen-bond donors (Lipinski definition) is 1. The van der Waals surface area contributed by atoms with Gasteiger partial charge in [0.2, 0.25) is 5.69 Å². The third kappa shape index (κ3) is 2.04. The van der Waals surface area contributed by atoms with Crippen LogP contribution in [0.25, 0.3) is 0 Å². The topological polar surface area (TPSA) is 33.0 Å². The van der Waals surface area contributed by atoms with Crippen LogP contribution in [0.5, 0.6) is 0 Å². The first-order valence-corrected chi connectivity index (χ1v) is 3.45. The fraction of sp³-hybridized carbons (Fsp3) is 0.250. The van der Waals surface area contributed by atoms with Crippen LogP contribution in [0.2, 0.25) is 0 Å². The van der Waals surface area contributed by atoms with Crippen molar-refractivity contribution < 1.29 is 9.47 Å². The third-order valence-corrected chi connectivity index (χ3v) is 1.34. The van der Waals surface area contributed by atoms with E-state index in [0.29, 0.717) is 0 Å². The highest BCUT2D eigenvalue weighted by atomic mass is 16.2. The SMILES string of the molecule is CC(=O)N[n+]1ccccc1C. The molecule has 1 heterocycles. The summed E-state index contributed by atoms with van der Waals surface area (Å²) < 4.78 is 1.68. The van der Waals surface area contributed by atoms with E-state index in [0.717, 1.165) is 5.69 Å². The van der Waals surface area contributed by atoms with Crippen LogP contribution in [0, 0.1) is 6.92 Å². The van der Waals surface area contributed by atoms with Gasteiger partial charge >= 0.3 is 0 Å². The van der Waals surface area contributed by atoms with Crippen LogP contribution in [0.3, 0.4) is 0 Å². The Bertz CT molecular complexity index is 271. The van der Waals surface area contributed by atoms with Gasteiger partial charge in [-0.15, -0.1) is 5.43 Å². The maximum absolute atomic E-state index is 10.6. The van der Waals surface area contributed by atoms with Gasteiger partial charge in [-0.25, -0.2) is 0 Å². The summed E-state index contributed by atoms with van der Waals surface area (Å²) in [5.41, 5.74) is 3.65. The Morgan fingerprint density at radius 2 is 2.27 bits per heavy atom. The third-order valence-electron chi connectivity index (χ3n) is 1.34. The summed E-state index contributed by atoms with van der Waals surface area (Å²) in [6.45, 7) is 3.41. The predicted molar refractivity (Wildman–Crippen MR) is 41.4 cm³/mol. The molecule has 0 aliphatic heterocycles. The Kier molecular flexibility index (Phi) is 2.21. The summed E-state index contributed by atoms with van der Waals surface area (Å²) in [7, 11) is 0. The lowest BCUT2D eigenvalue weighted by Gasteiger charge is -1.96. The van der Waals surface area contributed by atoms with E-state index in [-0.39, 0.29) is 5.91 Å². The van der Waals surface area contributed by atoms with E-state index in [4.69, 9.17) is 0 Å². The minimum atomic E-state index is -0.0655. The molecule has 3 heteroatoms. The predicted octanol–water partition coefficient (Wildman–Crippen LogP) is 0.373. The fourth-order valence-electron chi connectivity index (χ4n) is 0.824. The molecule has 0 fully saturated rings. The smallest absolute Gasteiger partial charge is 0.270 e. The van der Waals surface area contributed by atoms with Crippen LogP contribution >= 0.6 is 0 Å². The zero-order valence-electron chi connectivity index (χ0n) is 6.66. The van der Waals surface area contributed by atoms with E-state index < -0.39 is 0 Å². The maximum atomic E-state index is 10.6. The minimum absolute atomic E-state index is 0.0655. The van der Waals surface area contributed by atoms with Gasteiger partial charge in [-0.05, 0) is 6.07 Å². The van der Waals surface area contributed by atoms with Crippen LogP contribution in [-0.4, -0.2) is 5.91 Å². The number of carbonyl (C=O) groups excluding carboxylic acids is 1. The lowest BCUT2D eigenvalue weighted by atomic mass is 10.4. The fourth-order valence-corrected chi connectivity index (χ4v) is 0.824. The Morgan fingerprint density at radius 3 is 2.82 bits per heavy atom. The molecule has 0 unspecified atom stereocenters. The second-order valence-electron chi connectivity index (χ2n) is 2.38. The Labute approximate surface area is 65.6 Å². The van der Waals surface area contributed by atoms with Crippen LogP contribution in [0.1, 0.15) is 12.6 Å². The molecule has 1 rings (SSSR count). The molecule has 3 nitrogen and oxygen atoms in total. The summed E-state index contributed by atoms with van der Waals surface area (Å²) >= 11 is 0. The Hall–Kier alpha value is -1.38. The first-order chi connectivity index (χ1) is 5.20. The molecule has 0 radical (unpaired) electrons. The van der Waals surface area contributed by atoms with Crippen molar-refractivity contribution in [2.24, 2.45) is 0 Å². The van der Waals surface area contributed by atoms with Gasteiger partial charge in [0.1, 0.15) is 0 Å². The molecule has 0 saturated heterocycles. The molecule has 0 aromatic carbocycles. The first-order valence-electron chi connectivity index (χ1n) is 3.45. The molecule has 0 bridgehead atoms. The van der Waals surface area contributed by atoms with E-state index in [1.165, 1.54) is 6.92 Å². The largest absolute Gasteiger partial charge is 0.271 e. The van der Waals surface area contributed by atoms with Gasteiger partial charge in [0.05, 0.1) is 0 Å². The Balaban J connectivity index is 2.86. The maximum Gasteiger partial charge on any atom is 0.271 e. The van der Waals surface area contributed by atoms with Crippen LogP contribution < -0.4 is 10.1 Å². The van der Waals surface area contributed by atoms with Gasteiger partial charge in [-0.1, -0.05) is 4.68 Å². The molecular weight excluding hydrogens is 140 g/mol. The van der Waals surface area contributed by atoms with Crippen molar-refractivity contribution in [3.05, 3.63) is 30.1 Å². The standard InChI is InChI=1S/C8H10N2O/c1-7-5-3-4-6-10(7)9-8(2)11/h3-6H,1-2H3/p+1. The van der Waals surface area contributed by atoms with E-state index in [1.807, 2.05) is 25.1 Å². The van der Waals surface area contributed by atoms with Crippen LogP contribution in [0.15, 0.2) is 24.4 Å². The molecule has 0 spiro atoms. The van der Waals surface area contributed by atoms with E-state index in [1.54, 1.807) is 10.9 Å². The van der Waals surface area contributed by atoms with Gasteiger partial charge in [0, 0.05) is 26.0 Å². The molecule has 58 valence electrons. The number of aryl methyl sites for hydroxylation is 1. The molecule has 1 aromatic rings. The molecule has 0 saturated carbocycles. The number of pyridine rings is 1. The van der Waals surface area contributed by atoms with Crippen molar-refractivity contribution in [2.45, 2.75) is 13.8 Å². The average molecular weight is 151 g/mol. The number of carbonyl (C=O) groups is 1. The van der Waals surface area contributed by atoms with Gasteiger partial charge in [0.25, 0.3) is 5.91 Å². The van der Waals surface area contributed by atoms with Crippen LogP contribution in [0.4, 0.5) is 0 Å². The van der Waals surface area contributed by atoms with Gasteiger partial charge in [-0.2, -0.15) is 0 Å².